The zero-order chi connectivity index (χ0) is 29.7. The Bertz CT molecular complexity index is 1020. The van der Waals surface area contributed by atoms with Crippen molar-refractivity contribution in [3.05, 3.63) is 85.1 Å². The molecule has 0 radical (unpaired) electrons. The number of fused-ring (bicyclic) bond motifs is 1. The predicted octanol–water partition coefficient (Wildman–Crippen LogP) is 5.85. The Morgan fingerprint density at radius 1 is 0.756 bits per heavy atom. The van der Waals surface area contributed by atoms with Crippen molar-refractivity contribution in [2.45, 2.75) is 76.8 Å². The highest BCUT2D eigenvalue weighted by atomic mass is 16.4. The number of allylic oxidation sites excluding steroid dienone is 12. The Balaban J connectivity index is 1.55. The van der Waals surface area contributed by atoms with E-state index in [1.807, 2.05) is 4.90 Å². The lowest BCUT2D eigenvalue weighted by Gasteiger charge is -2.37. The molecular formula is C34H49N3O4. The highest BCUT2D eigenvalue weighted by molar-refractivity contribution is 5.94. The first kappa shape index (κ1) is 33.8. The Labute approximate surface area is 247 Å². The van der Waals surface area contributed by atoms with Crippen molar-refractivity contribution in [3.8, 4) is 0 Å². The summed E-state index contributed by atoms with van der Waals surface area (Å²) in [7, 11) is 1.71. The predicted molar refractivity (Wildman–Crippen MR) is 167 cm³/mol. The number of amides is 2. The topological polar surface area (TPSA) is 81.2 Å². The molecule has 2 heterocycles. The fraction of sp³-hybridized carbons (Fsp3) is 0.500. The molecule has 7 heteroatoms. The first-order valence-corrected chi connectivity index (χ1v) is 15.0. The third-order valence-corrected chi connectivity index (χ3v) is 7.33. The van der Waals surface area contributed by atoms with Gasteiger partial charge in [-0.2, -0.15) is 0 Å². The number of likely N-dealkylation sites (N-methyl/N-ethyl adjacent to an activating group) is 1. The van der Waals surface area contributed by atoms with Crippen molar-refractivity contribution < 1.29 is 19.5 Å². The van der Waals surface area contributed by atoms with Crippen molar-refractivity contribution in [1.29, 1.82) is 0 Å². The summed E-state index contributed by atoms with van der Waals surface area (Å²) in [6.07, 6.45) is 36.0. The molecule has 0 bridgehead atoms. The van der Waals surface area contributed by atoms with Gasteiger partial charge >= 0.3 is 5.97 Å². The van der Waals surface area contributed by atoms with Crippen LogP contribution in [0, 0.1) is 0 Å². The van der Waals surface area contributed by atoms with E-state index in [1.54, 1.807) is 11.9 Å². The van der Waals surface area contributed by atoms with Crippen LogP contribution in [0.5, 0.6) is 0 Å². The number of hydrogen-bond donors (Lipinski definition) is 1. The van der Waals surface area contributed by atoms with E-state index in [4.69, 9.17) is 5.11 Å². The van der Waals surface area contributed by atoms with Gasteiger partial charge in [0.2, 0.25) is 11.8 Å². The van der Waals surface area contributed by atoms with E-state index in [2.05, 4.69) is 84.7 Å². The maximum atomic E-state index is 12.8. The van der Waals surface area contributed by atoms with E-state index in [0.717, 1.165) is 76.6 Å². The number of carbonyl (C=O) groups is 3. The van der Waals surface area contributed by atoms with E-state index in [9.17, 15) is 14.4 Å². The highest BCUT2D eigenvalue weighted by Crippen LogP contribution is 2.25. The van der Waals surface area contributed by atoms with Crippen LogP contribution >= 0.6 is 0 Å². The zero-order valence-corrected chi connectivity index (χ0v) is 24.9. The first-order valence-electron chi connectivity index (χ1n) is 15.0. The number of carboxylic acid groups (broad SMARTS) is 1. The molecule has 0 aromatic rings. The van der Waals surface area contributed by atoms with Gasteiger partial charge in [0.25, 0.3) is 0 Å². The van der Waals surface area contributed by atoms with Gasteiger partial charge in [0, 0.05) is 63.9 Å². The van der Waals surface area contributed by atoms with E-state index in [0.29, 0.717) is 19.5 Å². The number of piperazine rings is 1. The highest BCUT2D eigenvalue weighted by Gasteiger charge is 2.39. The van der Waals surface area contributed by atoms with Crippen LogP contribution < -0.4 is 0 Å². The molecule has 41 heavy (non-hydrogen) atoms. The van der Waals surface area contributed by atoms with Crippen molar-refractivity contribution >= 4 is 17.8 Å². The van der Waals surface area contributed by atoms with Gasteiger partial charge in [0.15, 0.2) is 0 Å². The molecule has 2 aliphatic heterocycles. The number of rotatable bonds is 17. The number of aliphatic carboxylic acids is 1. The van der Waals surface area contributed by atoms with E-state index in [-0.39, 0.29) is 23.9 Å². The van der Waals surface area contributed by atoms with Crippen LogP contribution in [-0.4, -0.2) is 82.9 Å². The fourth-order valence-corrected chi connectivity index (χ4v) is 4.97. The van der Waals surface area contributed by atoms with Gasteiger partial charge in [0.1, 0.15) is 0 Å². The third-order valence-electron chi connectivity index (χ3n) is 7.33. The van der Waals surface area contributed by atoms with Crippen molar-refractivity contribution in [2.24, 2.45) is 0 Å². The Morgan fingerprint density at radius 2 is 1.29 bits per heavy atom. The zero-order valence-electron chi connectivity index (χ0n) is 24.9. The molecule has 7 nitrogen and oxygen atoms in total. The molecule has 0 aromatic carbocycles. The molecule has 1 N–H and O–H groups in total. The fourth-order valence-electron chi connectivity index (χ4n) is 4.97. The Morgan fingerprint density at radius 3 is 1.83 bits per heavy atom. The molecule has 0 saturated carbocycles. The quantitative estimate of drug-likeness (QED) is 0.177. The number of carboxylic acids is 1. The molecule has 2 rings (SSSR count). The van der Waals surface area contributed by atoms with Crippen LogP contribution in [0.4, 0.5) is 0 Å². The molecule has 0 aliphatic carbocycles. The van der Waals surface area contributed by atoms with E-state index < -0.39 is 5.97 Å². The average molecular weight is 564 g/mol. The van der Waals surface area contributed by atoms with Gasteiger partial charge in [-0.05, 0) is 51.4 Å². The second kappa shape index (κ2) is 20.4. The lowest BCUT2D eigenvalue weighted by Crippen LogP contribution is -2.52. The number of nitrogens with zero attached hydrogens (tertiary/aromatic N) is 3. The molecule has 2 atom stereocenters. The Kier molecular flexibility index (Phi) is 16.8. The minimum Gasteiger partial charge on any atom is -0.478 e. The molecule has 0 spiro atoms. The van der Waals surface area contributed by atoms with Crippen molar-refractivity contribution in [2.75, 3.05) is 33.2 Å². The summed E-state index contributed by atoms with van der Waals surface area (Å²) in [5.74, 6) is -1.25. The Hall–Kier alpha value is -3.45. The molecule has 2 saturated heterocycles. The van der Waals surface area contributed by atoms with Crippen LogP contribution in [-0.2, 0) is 14.4 Å². The molecule has 2 fully saturated rings. The van der Waals surface area contributed by atoms with Crippen LogP contribution in [0.15, 0.2) is 85.1 Å². The molecule has 224 valence electrons. The van der Waals surface area contributed by atoms with Crippen molar-refractivity contribution in [1.82, 2.24) is 14.7 Å². The lowest BCUT2D eigenvalue weighted by atomic mass is 10.1. The van der Waals surface area contributed by atoms with Crippen LogP contribution in [0.2, 0.25) is 0 Å². The number of hydrogen-bond acceptors (Lipinski definition) is 4. The van der Waals surface area contributed by atoms with Crippen molar-refractivity contribution in [3.63, 3.8) is 0 Å². The molecule has 2 aliphatic rings. The van der Waals surface area contributed by atoms with Crippen LogP contribution in [0.3, 0.4) is 0 Å². The summed E-state index contributed by atoms with van der Waals surface area (Å²) in [5, 5.41) is 8.74. The van der Waals surface area contributed by atoms with Gasteiger partial charge in [-0.3, -0.25) is 14.5 Å². The average Bonchev–Trinajstić information content (AvgIpc) is 3.40. The smallest absolute Gasteiger partial charge is 0.328 e. The summed E-state index contributed by atoms with van der Waals surface area (Å²) in [6, 6.07) is 0.266. The SMILES string of the molecule is CCC=CCC=CCC=CCC=CCC=CCC=CCCC(=O)N1CCN2CC(N(C)C(=O)C=CC(=O)O)CC2C1. The molecule has 0 aromatic heterocycles. The standard InChI is InChI=1S/C34H49N3O4/c1-3-4-5-6-7-8-9-10-11-12-13-14-15-16-17-18-19-20-21-22-33(39)37-26-25-36-28-30(27-31(36)29-37)35(2)32(38)23-24-34(40)41/h4-5,7-8,10-11,13-14,16-17,19-20,23-24,30-31H,3,6,9,12,15,18,21-22,25-29H2,1-2H3,(H,40,41). The summed E-state index contributed by atoms with van der Waals surface area (Å²) in [4.78, 5) is 41.6. The summed E-state index contributed by atoms with van der Waals surface area (Å²) in [5.41, 5.74) is 0. The minimum atomic E-state index is -1.13. The molecular weight excluding hydrogens is 514 g/mol. The first-order chi connectivity index (χ1) is 19.9. The lowest BCUT2D eigenvalue weighted by molar-refractivity contribution is -0.134. The number of carbonyl (C=O) groups excluding carboxylic acids is 2. The normalized spacial score (nSPS) is 20.3. The van der Waals surface area contributed by atoms with E-state index >= 15 is 0 Å². The third kappa shape index (κ3) is 14.1. The minimum absolute atomic E-state index is 0.0277. The monoisotopic (exact) mass is 563 g/mol. The maximum Gasteiger partial charge on any atom is 0.328 e. The maximum absolute atomic E-state index is 12.8. The molecule has 2 unspecified atom stereocenters. The van der Waals surface area contributed by atoms with Crippen LogP contribution in [0.25, 0.3) is 0 Å². The van der Waals surface area contributed by atoms with Crippen LogP contribution in [0.1, 0.15) is 64.7 Å². The summed E-state index contributed by atoms with van der Waals surface area (Å²) < 4.78 is 0. The second-order valence-corrected chi connectivity index (χ2v) is 10.5. The van der Waals surface area contributed by atoms with Gasteiger partial charge in [-0.25, -0.2) is 4.79 Å². The van der Waals surface area contributed by atoms with Gasteiger partial charge in [-0.1, -0.05) is 79.8 Å². The largest absolute Gasteiger partial charge is 0.478 e. The van der Waals surface area contributed by atoms with Gasteiger partial charge in [-0.15, -0.1) is 0 Å². The summed E-state index contributed by atoms with van der Waals surface area (Å²) in [6.45, 7) is 5.11. The van der Waals surface area contributed by atoms with Gasteiger partial charge in [0.05, 0.1) is 0 Å². The van der Waals surface area contributed by atoms with E-state index in [1.165, 1.54) is 0 Å². The summed E-state index contributed by atoms with van der Waals surface area (Å²) >= 11 is 0. The van der Waals surface area contributed by atoms with Gasteiger partial charge < -0.3 is 14.9 Å². The molecule has 2 amide bonds. The second-order valence-electron chi connectivity index (χ2n) is 10.5.